The van der Waals surface area contributed by atoms with Crippen LogP contribution in [-0.4, -0.2) is 26.5 Å². The molecule has 1 atom stereocenters. The van der Waals surface area contributed by atoms with Crippen LogP contribution in [0.5, 0.6) is 0 Å². The highest BCUT2D eigenvalue weighted by Gasteiger charge is 2.21. The van der Waals surface area contributed by atoms with Crippen molar-refractivity contribution in [2.45, 2.75) is 24.3 Å². The van der Waals surface area contributed by atoms with Gasteiger partial charge in [-0.25, -0.2) is 13.1 Å². The van der Waals surface area contributed by atoms with E-state index >= 15 is 0 Å². The molecule has 0 fully saturated rings. The Labute approximate surface area is 129 Å². The standard InChI is InChI=1S/C11H15Br2NO2S2/c1-3-9(7-17-2)14-18(15,16)11-5-4-8(12)6-10(11)13/h4-6,9,14H,3,7H2,1-2H3. The van der Waals surface area contributed by atoms with Gasteiger partial charge in [0.05, 0.1) is 4.90 Å². The molecule has 0 aliphatic carbocycles. The van der Waals surface area contributed by atoms with Crippen LogP contribution in [0, 0.1) is 0 Å². The van der Waals surface area contributed by atoms with Crippen LogP contribution < -0.4 is 4.72 Å². The van der Waals surface area contributed by atoms with Crippen molar-refractivity contribution >= 4 is 53.6 Å². The highest BCUT2D eigenvalue weighted by atomic mass is 79.9. The molecule has 1 N–H and O–H groups in total. The van der Waals surface area contributed by atoms with Gasteiger partial charge in [0.15, 0.2) is 0 Å². The van der Waals surface area contributed by atoms with Gasteiger partial charge in [-0.05, 0) is 46.8 Å². The fourth-order valence-electron chi connectivity index (χ4n) is 1.41. The molecule has 0 saturated heterocycles. The molecule has 0 spiro atoms. The highest BCUT2D eigenvalue weighted by molar-refractivity contribution is 9.11. The normalized spacial score (nSPS) is 13.6. The monoisotopic (exact) mass is 415 g/mol. The number of sulfonamides is 1. The number of benzene rings is 1. The first-order chi connectivity index (χ1) is 8.40. The highest BCUT2D eigenvalue weighted by Crippen LogP contribution is 2.26. The average Bonchev–Trinajstić information content (AvgIpc) is 2.27. The van der Waals surface area contributed by atoms with E-state index in [4.69, 9.17) is 0 Å². The number of thioether (sulfide) groups is 1. The van der Waals surface area contributed by atoms with Crippen LogP contribution in [0.25, 0.3) is 0 Å². The Morgan fingerprint density at radius 2 is 2.06 bits per heavy atom. The maximum atomic E-state index is 12.2. The Balaban J connectivity index is 2.99. The summed E-state index contributed by atoms with van der Waals surface area (Å²) in [5.41, 5.74) is 0. The quantitative estimate of drug-likeness (QED) is 0.769. The number of hydrogen-bond acceptors (Lipinski definition) is 3. The zero-order valence-electron chi connectivity index (χ0n) is 10.1. The Morgan fingerprint density at radius 1 is 1.39 bits per heavy atom. The molecule has 0 aliphatic heterocycles. The van der Waals surface area contributed by atoms with Gasteiger partial charge >= 0.3 is 0 Å². The van der Waals surface area contributed by atoms with Gasteiger partial charge < -0.3 is 0 Å². The first kappa shape index (κ1) is 16.5. The fourth-order valence-corrected chi connectivity index (χ4v) is 5.30. The second kappa shape index (κ2) is 7.28. The molecule has 0 saturated carbocycles. The maximum absolute atomic E-state index is 12.2. The van der Waals surface area contributed by atoms with E-state index in [0.29, 0.717) is 4.47 Å². The fraction of sp³-hybridized carbons (Fsp3) is 0.455. The van der Waals surface area contributed by atoms with E-state index in [9.17, 15) is 8.42 Å². The van der Waals surface area contributed by atoms with Gasteiger partial charge in [-0.1, -0.05) is 22.9 Å². The lowest BCUT2D eigenvalue weighted by Crippen LogP contribution is -2.36. The molecular weight excluding hydrogens is 402 g/mol. The minimum Gasteiger partial charge on any atom is -0.207 e. The molecule has 7 heteroatoms. The Kier molecular flexibility index (Phi) is 6.67. The van der Waals surface area contributed by atoms with Crippen molar-refractivity contribution in [2.75, 3.05) is 12.0 Å². The lowest BCUT2D eigenvalue weighted by atomic mass is 10.3. The maximum Gasteiger partial charge on any atom is 0.241 e. The van der Waals surface area contributed by atoms with Crippen molar-refractivity contribution in [3.63, 3.8) is 0 Å². The van der Waals surface area contributed by atoms with Crippen molar-refractivity contribution in [2.24, 2.45) is 0 Å². The summed E-state index contributed by atoms with van der Waals surface area (Å²) in [5, 5.41) is 0. The van der Waals surface area contributed by atoms with E-state index in [1.54, 1.807) is 30.0 Å². The first-order valence-corrected chi connectivity index (χ1v) is 9.83. The molecule has 0 amide bonds. The van der Waals surface area contributed by atoms with Gasteiger partial charge in [-0.2, -0.15) is 11.8 Å². The van der Waals surface area contributed by atoms with Crippen LogP contribution in [0.15, 0.2) is 32.0 Å². The summed E-state index contributed by atoms with van der Waals surface area (Å²) in [6.45, 7) is 1.97. The number of rotatable bonds is 6. The molecule has 18 heavy (non-hydrogen) atoms. The first-order valence-electron chi connectivity index (χ1n) is 5.37. The van der Waals surface area contributed by atoms with Crippen molar-refractivity contribution < 1.29 is 8.42 Å². The van der Waals surface area contributed by atoms with Crippen molar-refractivity contribution in [3.05, 3.63) is 27.1 Å². The molecular formula is C11H15Br2NO2S2. The van der Waals surface area contributed by atoms with Gasteiger partial charge in [0.1, 0.15) is 0 Å². The van der Waals surface area contributed by atoms with Crippen LogP contribution in [0.1, 0.15) is 13.3 Å². The molecule has 0 bridgehead atoms. The van der Waals surface area contributed by atoms with Crippen LogP contribution in [0.3, 0.4) is 0 Å². The van der Waals surface area contributed by atoms with Gasteiger partial charge in [-0.15, -0.1) is 0 Å². The minimum absolute atomic E-state index is 0.0412. The molecule has 1 aromatic rings. The van der Waals surface area contributed by atoms with Gasteiger partial charge in [0.2, 0.25) is 10.0 Å². The van der Waals surface area contributed by atoms with E-state index in [2.05, 4.69) is 36.6 Å². The molecule has 3 nitrogen and oxygen atoms in total. The van der Waals surface area contributed by atoms with Crippen LogP contribution in [0.2, 0.25) is 0 Å². The molecule has 0 heterocycles. The predicted octanol–water partition coefficient (Wildman–Crippen LogP) is 3.63. The number of hydrogen-bond donors (Lipinski definition) is 1. The topological polar surface area (TPSA) is 46.2 Å². The summed E-state index contributed by atoms with van der Waals surface area (Å²) < 4.78 is 28.6. The lowest BCUT2D eigenvalue weighted by molar-refractivity contribution is 0.558. The minimum atomic E-state index is -3.47. The zero-order valence-corrected chi connectivity index (χ0v) is 14.9. The number of nitrogens with one attached hydrogen (secondary N) is 1. The lowest BCUT2D eigenvalue weighted by Gasteiger charge is -2.16. The second-order valence-corrected chi connectivity index (χ2v) is 8.12. The number of halogens is 2. The SMILES string of the molecule is CCC(CSC)NS(=O)(=O)c1ccc(Br)cc1Br. The van der Waals surface area contributed by atoms with Crippen LogP contribution in [0.4, 0.5) is 0 Å². The Bertz CT molecular complexity index is 506. The van der Waals surface area contributed by atoms with E-state index < -0.39 is 10.0 Å². The van der Waals surface area contributed by atoms with Crippen LogP contribution >= 0.6 is 43.6 Å². The molecule has 0 aromatic heterocycles. The van der Waals surface area contributed by atoms with Crippen molar-refractivity contribution in [1.29, 1.82) is 0 Å². The molecule has 102 valence electrons. The summed E-state index contributed by atoms with van der Waals surface area (Å²) in [4.78, 5) is 0.269. The molecule has 0 radical (unpaired) electrons. The third-order valence-electron chi connectivity index (χ3n) is 2.37. The van der Waals surface area contributed by atoms with Crippen LogP contribution in [-0.2, 0) is 10.0 Å². The average molecular weight is 417 g/mol. The van der Waals surface area contributed by atoms with Crippen molar-refractivity contribution in [3.8, 4) is 0 Å². The van der Waals surface area contributed by atoms with E-state index in [1.807, 2.05) is 13.2 Å². The smallest absolute Gasteiger partial charge is 0.207 e. The van der Waals surface area contributed by atoms with Gasteiger partial charge in [0, 0.05) is 20.7 Å². The molecule has 0 aliphatic rings. The summed E-state index contributed by atoms with van der Waals surface area (Å²) in [6, 6.07) is 4.99. The molecule has 1 aromatic carbocycles. The Hall–Kier alpha value is 0.440. The summed E-state index contributed by atoms with van der Waals surface area (Å²) in [7, 11) is -3.47. The largest absolute Gasteiger partial charge is 0.241 e. The third kappa shape index (κ3) is 4.52. The summed E-state index contributed by atoms with van der Waals surface area (Å²) in [6.07, 6.45) is 2.74. The summed E-state index contributed by atoms with van der Waals surface area (Å²) >= 11 is 8.21. The second-order valence-electron chi connectivity index (χ2n) is 3.76. The van der Waals surface area contributed by atoms with E-state index in [-0.39, 0.29) is 10.9 Å². The van der Waals surface area contributed by atoms with Crippen molar-refractivity contribution in [1.82, 2.24) is 4.72 Å². The van der Waals surface area contributed by atoms with Gasteiger partial charge in [-0.3, -0.25) is 0 Å². The van der Waals surface area contributed by atoms with E-state index in [1.165, 1.54) is 0 Å². The van der Waals surface area contributed by atoms with E-state index in [0.717, 1.165) is 16.6 Å². The third-order valence-corrected chi connectivity index (χ3v) is 6.09. The summed E-state index contributed by atoms with van der Waals surface area (Å²) in [5.74, 6) is 0.768. The zero-order chi connectivity index (χ0) is 13.8. The molecule has 1 unspecified atom stereocenters. The van der Waals surface area contributed by atoms with Gasteiger partial charge in [0.25, 0.3) is 0 Å². The Morgan fingerprint density at radius 3 is 2.56 bits per heavy atom. The predicted molar refractivity (Wildman–Crippen MR) is 84.6 cm³/mol. The molecule has 1 rings (SSSR count).